The Balaban J connectivity index is 2.22. The molecule has 20 heavy (non-hydrogen) atoms. The number of nitrogens with zero attached hydrogens (tertiary/aromatic N) is 4. The molecule has 1 aromatic heterocycles. The quantitative estimate of drug-likeness (QED) is 0.384. The lowest BCUT2D eigenvalue weighted by Gasteiger charge is -2.10. The molecule has 5 nitrogen and oxygen atoms in total. The van der Waals surface area contributed by atoms with E-state index in [0.29, 0.717) is 0 Å². The second kappa shape index (κ2) is 5.07. The van der Waals surface area contributed by atoms with Crippen LogP contribution in [0, 0.1) is 0 Å². The molecule has 1 atom stereocenters. The maximum absolute atomic E-state index is 8.62. The van der Waals surface area contributed by atoms with Gasteiger partial charge in [0.25, 0.3) is 0 Å². The highest BCUT2D eigenvalue weighted by atomic mass is 16.5. The van der Waals surface area contributed by atoms with Crippen LogP contribution in [0.4, 0.5) is 0 Å². The Morgan fingerprint density at radius 1 is 1.15 bits per heavy atom. The molecule has 0 bridgehead atoms. The third-order valence-electron chi connectivity index (χ3n) is 3.27. The molecule has 98 valence electrons. The van der Waals surface area contributed by atoms with Gasteiger partial charge in [-0.05, 0) is 23.2 Å². The number of hydrogen-bond donors (Lipinski definition) is 0. The van der Waals surface area contributed by atoms with E-state index in [1.54, 1.807) is 0 Å². The van der Waals surface area contributed by atoms with Gasteiger partial charge in [0.2, 0.25) is 0 Å². The zero-order valence-corrected chi connectivity index (χ0v) is 10.9. The number of fused-ring (bicyclic) bond motifs is 1. The molecule has 0 aliphatic carbocycles. The summed E-state index contributed by atoms with van der Waals surface area (Å²) in [5.41, 5.74) is 12.0. The van der Waals surface area contributed by atoms with Crippen molar-refractivity contribution >= 4 is 11.0 Å². The maximum atomic E-state index is 8.62. The van der Waals surface area contributed by atoms with Crippen LogP contribution in [0.3, 0.4) is 0 Å². The Morgan fingerprint density at radius 3 is 2.75 bits per heavy atom. The van der Waals surface area contributed by atoms with E-state index in [1.165, 1.54) is 0 Å². The normalized spacial score (nSPS) is 12.1. The van der Waals surface area contributed by atoms with Crippen LogP contribution in [0.2, 0.25) is 0 Å². The highest BCUT2D eigenvalue weighted by Crippen LogP contribution is 2.33. The molecule has 0 aliphatic heterocycles. The van der Waals surface area contributed by atoms with Gasteiger partial charge in [0.05, 0.1) is 6.04 Å². The number of benzene rings is 2. The van der Waals surface area contributed by atoms with Crippen LogP contribution in [0.5, 0.6) is 0 Å². The molecule has 0 aliphatic rings. The van der Waals surface area contributed by atoms with Gasteiger partial charge in [-0.3, -0.25) is 0 Å². The van der Waals surface area contributed by atoms with Crippen molar-refractivity contribution in [3.63, 3.8) is 0 Å². The van der Waals surface area contributed by atoms with Gasteiger partial charge in [-0.15, -0.1) is 0 Å². The lowest BCUT2D eigenvalue weighted by Crippen LogP contribution is -1.93. The SMILES string of the molecule is CC(N=[N+]=[N-])c1ccccc1-c1noc2ccccc12. The zero-order chi connectivity index (χ0) is 13.9. The van der Waals surface area contributed by atoms with Gasteiger partial charge in [-0.2, -0.15) is 0 Å². The first kappa shape index (κ1) is 12.3. The molecule has 0 saturated heterocycles. The third-order valence-corrected chi connectivity index (χ3v) is 3.27. The largest absolute Gasteiger partial charge is 0.356 e. The highest BCUT2D eigenvalue weighted by Gasteiger charge is 2.15. The molecule has 0 saturated carbocycles. The van der Waals surface area contributed by atoms with Crippen LogP contribution in [-0.2, 0) is 0 Å². The van der Waals surface area contributed by atoms with Crippen LogP contribution >= 0.6 is 0 Å². The standard InChI is InChI=1S/C15H12N4O/c1-10(17-19-16)11-6-2-3-7-12(11)15-13-8-4-5-9-14(13)20-18-15/h2-10H,1H3. The maximum Gasteiger partial charge on any atom is 0.167 e. The predicted molar refractivity (Wildman–Crippen MR) is 77.0 cm³/mol. The minimum atomic E-state index is -0.258. The lowest BCUT2D eigenvalue weighted by molar-refractivity contribution is 0.459. The van der Waals surface area contributed by atoms with E-state index in [9.17, 15) is 0 Å². The fraction of sp³-hybridized carbons (Fsp3) is 0.133. The number of hydrogen-bond acceptors (Lipinski definition) is 3. The summed E-state index contributed by atoms with van der Waals surface area (Å²) in [6, 6.07) is 15.2. The zero-order valence-electron chi connectivity index (χ0n) is 10.9. The van der Waals surface area contributed by atoms with E-state index in [0.717, 1.165) is 27.8 Å². The van der Waals surface area contributed by atoms with Crippen molar-refractivity contribution in [2.75, 3.05) is 0 Å². The number of para-hydroxylation sites is 1. The fourth-order valence-corrected chi connectivity index (χ4v) is 2.30. The molecule has 0 fully saturated rings. The molecule has 0 amide bonds. The van der Waals surface area contributed by atoms with Crippen LogP contribution < -0.4 is 0 Å². The summed E-state index contributed by atoms with van der Waals surface area (Å²) in [7, 11) is 0. The summed E-state index contributed by atoms with van der Waals surface area (Å²) in [5, 5.41) is 8.88. The Labute approximate surface area is 115 Å². The molecule has 0 N–H and O–H groups in total. The molecular weight excluding hydrogens is 252 g/mol. The van der Waals surface area contributed by atoms with E-state index in [-0.39, 0.29) is 6.04 Å². The lowest BCUT2D eigenvalue weighted by atomic mass is 9.98. The van der Waals surface area contributed by atoms with Crippen LogP contribution in [0.15, 0.2) is 58.2 Å². The smallest absolute Gasteiger partial charge is 0.167 e. The van der Waals surface area contributed by atoms with Crippen molar-refractivity contribution in [3.05, 3.63) is 64.5 Å². The summed E-state index contributed by atoms with van der Waals surface area (Å²) in [5.74, 6) is 0. The van der Waals surface area contributed by atoms with E-state index < -0.39 is 0 Å². The van der Waals surface area contributed by atoms with Crippen LogP contribution in [-0.4, -0.2) is 5.16 Å². The van der Waals surface area contributed by atoms with Gasteiger partial charge in [0.15, 0.2) is 5.58 Å². The molecule has 3 aromatic rings. The number of rotatable bonds is 3. The average Bonchev–Trinajstić information content (AvgIpc) is 2.91. The minimum absolute atomic E-state index is 0.258. The Hall–Kier alpha value is -2.78. The second-order valence-electron chi connectivity index (χ2n) is 4.50. The molecule has 3 rings (SSSR count). The summed E-state index contributed by atoms with van der Waals surface area (Å²) < 4.78 is 5.34. The molecule has 1 heterocycles. The van der Waals surface area contributed by atoms with Gasteiger partial charge in [0.1, 0.15) is 5.69 Å². The predicted octanol–water partition coefficient (Wildman–Crippen LogP) is 4.87. The first-order valence-corrected chi connectivity index (χ1v) is 6.29. The summed E-state index contributed by atoms with van der Waals surface area (Å²) in [4.78, 5) is 2.88. The van der Waals surface area contributed by atoms with E-state index in [2.05, 4.69) is 15.2 Å². The van der Waals surface area contributed by atoms with E-state index in [4.69, 9.17) is 10.1 Å². The van der Waals surface area contributed by atoms with Crippen molar-refractivity contribution in [2.45, 2.75) is 13.0 Å². The summed E-state index contributed by atoms with van der Waals surface area (Å²) in [6.07, 6.45) is 0. The minimum Gasteiger partial charge on any atom is -0.356 e. The molecule has 0 radical (unpaired) electrons. The van der Waals surface area contributed by atoms with Crippen LogP contribution in [0.1, 0.15) is 18.5 Å². The third kappa shape index (κ3) is 2.00. The Kier molecular flexibility index (Phi) is 3.11. The van der Waals surface area contributed by atoms with Gasteiger partial charge in [-0.25, -0.2) is 0 Å². The first-order chi connectivity index (χ1) is 9.81. The average molecular weight is 264 g/mol. The molecule has 5 heteroatoms. The van der Waals surface area contributed by atoms with Crippen molar-refractivity contribution in [1.82, 2.24) is 5.16 Å². The second-order valence-corrected chi connectivity index (χ2v) is 4.50. The molecule has 0 spiro atoms. The Morgan fingerprint density at radius 2 is 1.90 bits per heavy atom. The molecular formula is C15H12N4O. The Bertz CT molecular complexity index is 802. The topological polar surface area (TPSA) is 74.8 Å². The van der Waals surface area contributed by atoms with Crippen molar-refractivity contribution in [2.24, 2.45) is 5.11 Å². The highest BCUT2D eigenvalue weighted by molar-refractivity contribution is 5.92. The van der Waals surface area contributed by atoms with Gasteiger partial charge in [-0.1, -0.05) is 53.6 Å². The van der Waals surface area contributed by atoms with Crippen molar-refractivity contribution in [1.29, 1.82) is 0 Å². The van der Waals surface area contributed by atoms with Crippen molar-refractivity contribution < 1.29 is 4.52 Å². The van der Waals surface area contributed by atoms with E-state index in [1.807, 2.05) is 55.5 Å². The monoisotopic (exact) mass is 264 g/mol. The van der Waals surface area contributed by atoms with Gasteiger partial charge in [0, 0.05) is 15.9 Å². The number of azide groups is 1. The first-order valence-electron chi connectivity index (χ1n) is 6.29. The summed E-state index contributed by atoms with van der Waals surface area (Å²) >= 11 is 0. The van der Waals surface area contributed by atoms with Gasteiger partial charge >= 0.3 is 0 Å². The van der Waals surface area contributed by atoms with E-state index >= 15 is 0 Å². The van der Waals surface area contributed by atoms with Gasteiger partial charge < -0.3 is 4.52 Å². The van der Waals surface area contributed by atoms with Crippen molar-refractivity contribution in [3.8, 4) is 11.3 Å². The molecule has 1 unspecified atom stereocenters. The van der Waals surface area contributed by atoms with Crippen LogP contribution in [0.25, 0.3) is 32.7 Å². The molecule has 2 aromatic carbocycles. The number of aromatic nitrogens is 1. The fourth-order valence-electron chi connectivity index (χ4n) is 2.30. The summed E-state index contributed by atoms with van der Waals surface area (Å²) in [6.45, 7) is 1.86.